The highest BCUT2D eigenvalue weighted by atomic mass is 35.5. The minimum atomic E-state index is -0.277. The Labute approximate surface area is 61.4 Å². The van der Waals surface area contributed by atoms with Crippen molar-refractivity contribution in [2.24, 2.45) is 0 Å². The Bertz CT molecular complexity index is 110. The summed E-state index contributed by atoms with van der Waals surface area (Å²) in [6.45, 7) is 1.72. The topological polar surface area (TPSA) is 26.3 Å². The summed E-state index contributed by atoms with van der Waals surface area (Å²) in [5.74, 6) is -0.0801. The van der Waals surface area contributed by atoms with Crippen molar-refractivity contribution in [1.82, 2.24) is 0 Å². The monoisotopic (exact) mass is 166 g/mol. The van der Waals surface area contributed by atoms with Gasteiger partial charge in [0.1, 0.15) is 5.48 Å². The zero-order valence-corrected chi connectivity index (χ0v) is 6.86. The van der Waals surface area contributed by atoms with Gasteiger partial charge in [-0.3, -0.25) is 4.79 Å². The minimum absolute atomic E-state index is 0.197. The largest absolute Gasteiger partial charge is 0.425 e. The van der Waals surface area contributed by atoms with E-state index in [1.165, 1.54) is 0 Å². The molecule has 0 aliphatic rings. The molecule has 2 nitrogen and oxygen atoms in total. The summed E-state index contributed by atoms with van der Waals surface area (Å²) in [7, 11) is 3.01. The number of carbonyl (C=O) groups excluding carboxylic acids is 1. The number of hydrogen-bond acceptors (Lipinski definition) is 2. The third-order valence-electron chi connectivity index (χ3n) is 0.647. The lowest BCUT2D eigenvalue weighted by Crippen LogP contribution is -2.09. The Balaban J connectivity index is 3.47. The molecule has 0 amide bonds. The highest BCUT2D eigenvalue weighted by Crippen LogP contribution is 1.91. The van der Waals surface area contributed by atoms with E-state index in [9.17, 15) is 4.79 Å². The first kappa shape index (κ1) is 8.93. The van der Waals surface area contributed by atoms with Crippen LogP contribution in [0.15, 0.2) is 0 Å². The summed E-state index contributed by atoms with van der Waals surface area (Å²) in [5.41, 5.74) is 0.364. The number of carbonyl (C=O) groups is 1. The number of halogens is 1. The lowest BCUT2D eigenvalue weighted by molar-refractivity contribution is -0.134. The molecule has 0 radical (unpaired) electrons. The van der Waals surface area contributed by atoms with Gasteiger partial charge in [-0.05, 0) is 0 Å². The van der Waals surface area contributed by atoms with Gasteiger partial charge in [-0.15, -0.1) is 11.6 Å². The van der Waals surface area contributed by atoms with E-state index in [2.05, 4.69) is 13.6 Å². The van der Waals surface area contributed by atoms with Crippen LogP contribution in [0.5, 0.6) is 0 Å². The summed E-state index contributed by atoms with van der Waals surface area (Å²) in [6, 6.07) is 0. The lowest BCUT2D eigenvalue weighted by atomic mass is 10.5. The number of ether oxygens (including phenoxy) is 1. The maximum atomic E-state index is 10.4. The van der Waals surface area contributed by atoms with Crippen LogP contribution < -0.4 is 0 Å². The summed E-state index contributed by atoms with van der Waals surface area (Å²) in [4.78, 5) is 10.4. The van der Waals surface area contributed by atoms with E-state index in [1.807, 2.05) is 0 Å². The molecule has 0 spiro atoms. The van der Waals surface area contributed by atoms with Gasteiger partial charge in [-0.1, -0.05) is 15.8 Å². The zero-order valence-electron chi connectivity index (χ0n) is 5.11. The lowest BCUT2D eigenvalue weighted by Gasteiger charge is -1.99. The molecule has 0 fully saturated rings. The fourth-order valence-corrected chi connectivity index (χ4v) is 0.405. The van der Waals surface area contributed by atoms with Crippen LogP contribution >= 0.6 is 20.5 Å². The standard InChI is InChI=1S/C5H8ClO2P/c1-2-4(7)8-5(9)3-6/h9H,2-3H2,1H3. The summed E-state index contributed by atoms with van der Waals surface area (Å²) < 4.78 is 4.61. The minimum Gasteiger partial charge on any atom is -0.425 e. The van der Waals surface area contributed by atoms with Gasteiger partial charge in [0.2, 0.25) is 0 Å². The summed E-state index contributed by atoms with van der Waals surface area (Å²) >= 11 is 5.29. The Kier molecular flexibility index (Phi) is 4.74. The van der Waals surface area contributed by atoms with Crippen molar-refractivity contribution in [3.8, 4) is 0 Å². The number of alkyl halides is 1. The first-order valence-corrected chi connectivity index (χ1v) is 3.58. The van der Waals surface area contributed by atoms with Crippen molar-refractivity contribution in [3.63, 3.8) is 0 Å². The smallest absolute Gasteiger partial charge is 0.310 e. The maximum Gasteiger partial charge on any atom is 0.310 e. The molecule has 0 bridgehead atoms. The van der Waals surface area contributed by atoms with Crippen LogP contribution in [0.1, 0.15) is 13.3 Å². The van der Waals surface area contributed by atoms with Crippen LogP contribution in [0, 0.1) is 0 Å². The molecule has 0 aromatic rings. The summed E-state index contributed by atoms with van der Waals surface area (Å²) in [5, 5.41) is 0. The highest BCUT2D eigenvalue weighted by Gasteiger charge is 1.99. The Hall–Kier alpha value is -0.0700. The summed E-state index contributed by atoms with van der Waals surface area (Å²) in [6.07, 6.45) is 0.366. The van der Waals surface area contributed by atoms with Gasteiger partial charge >= 0.3 is 5.97 Å². The number of hydrogen-bond donors (Lipinski definition) is 0. The van der Waals surface area contributed by atoms with Crippen molar-refractivity contribution in [1.29, 1.82) is 0 Å². The predicted octanol–water partition coefficient (Wildman–Crippen LogP) is 1.45. The van der Waals surface area contributed by atoms with Crippen LogP contribution in [-0.2, 0) is 9.53 Å². The molecule has 0 N–H and O–H groups in total. The molecule has 0 aromatic carbocycles. The van der Waals surface area contributed by atoms with Crippen LogP contribution in [0.3, 0.4) is 0 Å². The van der Waals surface area contributed by atoms with E-state index in [0.717, 1.165) is 0 Å². The van der Waals surface area contributed by atoms with Gasteiger partial charge in [-0.2, -0.15) is 0 Å². The van der Waals surface area contributed by atoms with E-state index >= 15 is 0 Å². The second-order valence-corrected chi connectivity index (χ2v) is 2.21. The van der Waals surface area contributed by atoms with Crippen LogP contribution in [0.4, 0.5) is 0 Å². The molecule has 4 heteroatoms. The molecule has 0 heterocycles. The predicted molar refractivity (Wildman–Crippen MR) is 40.4 cm³/mol. The molecular weight excluding hydrogens is 158 g/mol. The quantitative estimate of drug-likeness (QED) is 0.360. The SMILES string of the molecule is CCC(=O)OC(=P)CCl. The fraction of sp³-hybridized carbons (Fsp3) is 0.600. The average Bonchev–Trinajstić information content (AvgIpc) is 1.87. The number of rotatable bonds is 3. The normalized spacial score (nSPS) is 8.67. The number of esters is 1. The van der Waals surface area contributed by atoms with Gasteiger partial charge < -0.3 is 4.74 Å². The van der Waals surface area contributed by atoms with Crippen LogP contribution in [0.25, 0.3) is 0 Å². The van der Waals surface area contributed by atoms with Crippen molar-refractivity contribution < 1.29 is 9.53 Å². The Morgan fingerprint density at radius 3 is 2.67 bits per heavy atom. The molecule has 52 valence electrons. The van der Waals surface area contributed by atoms with E-state index in [0.29, 0.717) is 11.9 Å². The van der Waals surface area contributed by atoms with Crippen LogP contribution in [0.2, 0.25) is 0 Å². The van der Waals surface area contributed by atoms with E-state index in [1.54, 1.807) is 6.92 Å². The van der Waals surface area contributed by atoms with E-state index < -0.39 is 0 Å². The third-order valence-corrected chi connectivity index (χ3v) is 1.39. The molecule has 0 saturated heterocycles. The van der Waals surface area contributed by atoms with Crippen molar-refractivity contribution >= 4 is 31.9 Å². The van der Waals surface area contributed by atoms with Gasteiger partial charge in [0.25, 0.3) is 0 Å². The van der Waals surface area contributed by atoms with Gasteiger partial charge in [-0.25, -0.2) is 0 Å². The molecule has 0 aliphatic heterocycles. The van der Waals surface area contributed by atoms with Crippen molar-refractivity contribution in [2.45, 2.75) is 13.3 Å². The first-order valence-electron chi connectivity index (χ1n) is 2.54. The molecule has 0 unspecified atom stereocenters. The molecular formula is C5H8ClO2P. The molecule has 0 aromatic heterocycles. The van der Waals surface area contributed by atoms with Gasteiger partial charge in [0.05, 0.1) is 5.88 Å². The molecule has 0 aliphatic carbocycles. The van der Waals surface area contributed by atoms with E-state index in [4.69, 9.17) is 11.6 Å². The molecule has 0 atom stereocenters. The van der Waals surface area contributed by atoms with E-state index in [-0.39, 0.29) is 11.8 Å². The Morgan fingerprint density at radius 1 is 1.78 bits per heavy atom. The highest BCUT2D eigenvalue weighted by molar-refractivity contribution is 7.21. The zero-order chi connectivity index (χ0) is 7.28. The third kappa shape index (κ3) is 4.43. The van der Waals surface area contributed by atoms with Crippen LogP contribution in [-0.4, -0.2) is 17.3 Å². The van der Waals surface area contributed by atoms with Gasteiger partial charge in [0, 0.05) is 6.42 Å². The fourth-order valence-electron chi connectivity index (χ4n) is 0.237. The van der Waals surface area contributed by atoms with Crippen molar-refractivity contribution in [2.75, 3.05) is 5.88 Å². The molecule has 9 heavy (non-hydrogen) atoms. The molecule has 0 rings (SSSR count). The molecule has 0 saturated carbocycles. The average molecular weight is 167 g/mol. The van der Waals surface area contributed by atoms with Gasteiger partial charge in [0.15, 0.2) is 0 Å². The second-order valence-electron chi connectivity index (χ2n) is 1.38. The second kappa shape index (κ2) is 4.78. The first-order chi connectivity index (χ1) is 4.20. The maximum absolute atomic E-state index is 10.4. The Morgan fingerprint density at radius 2 is 2.33 bits per heavy atom. The van der Waals surface area contributed by atoms with Crippen molar-refractivity contribution in [3.05, 3.63) is 0 Å².